The van der Waals surface area contributed by atoms with Crippen molar-refractivity contribution in [3.05, 3.63) is 81.5 Å². The van der Waals surface area contributed by atoms with E-state index in [1.54, 1.807) is 19.1 Å². The van der Waals surface area contributed by atoms with Gasteiger partial charge in [-0.3, -0.25) is 4.79 Å². The Morgan fingerprint density at radius 2 is 1.78 bits per heavy atom. The number of benzene rings is 2. The monoisotopic (exact) mass is 506 g/mol. The summed E-state index contributed by atoms with van der Waals surface area (Å²) in [7, 11) is 4.44. The number of fused-ring (bicyclic) bond motifs is 1. The molecule has 0 radical (unpaired) electrons. The first-order chi connectivity index (χ1) is 17.9. The molecule has 9 heteroatoms. The fourth-order valence-electron chi connectivity index (χ4n) is 4.55. The first kappa shape index (κ1) is 25.7. The molecule has 0 spiro atoms. The largest absolute Gasteiger partial charge is 0.507 e. The fraction of sp³-hybridized carbons (Fsp3) is 0.286. The Kier molecular flexibility index (Phi) is 7.71. The van der Waals surface area contributed by atoms with Crippen LogP contribution in [-0.4, -0.2) is 43.9 Å². The lowest BCUT2D eigenvalue weighted by molar-refractivity contribution is -0.121. The van der Waals surface area contributed by atoms with E-state index in [0.717, 1.165) is 16.5 Å². The van der Waals surface area contributed by atoms with Crippen LogP contribution in [0.25, 0.3) is 10.9 Å². The minimum Gasteiger partial charge on any atom is -0.507 e. The van der Waals surface area contributed by atoms with Gasteiger partial charge >= 0.3 is 5.63 Å². The molecule has 0 bridgehead atoms. The highest BCUT2D eigenvalue weighted by molar-refractivity contribution is 5.83. The van der Waals surface area contributed by atoms with Gasteiger partial charge in [-0.1, -0.05) is 18.2 Å². The third-order valence-electron chi connectivity index (χ3n) is 6.31. The predicted molar refractivity (Wildman–Crippen MR) is 139 cm³/mol. The number of H-pyrrole nitrogens is 1. The lowest BCUT2D eigenvalue weighted by Gasteiger charge is -2.21. The van der Waals surface area contributed by atoms with E-state index in [1.807, 2.05) is 30.5 Å². The summed E-state index contributed by atoms with van der Waals surface area (Å²) in [6.45, 7) is 1.97. The molecule has 9 nitrogen and oxygen atoms in total. The van der Waals surface area contributed by atoms with Gasteiger partial charge < -0.3 is 34.0 Å². The number of ether oxygens (including phenoxy) is 3. The summed E-state index contributed by atoms with van der Waals surface area (Å²) in [4.78, 5) is 29.2. The van der Waals surface area contributed by atoms with Gasteiger partial charge in [-0.05, 0) is 42.7 Å². The van der Waals surface area contributed by atoms with Gasteiger partial charge in [0.2, 0.25) is 11.7 Å². The maximum absolute atomic E-state index is 13.1. The van der Waals surface area contributed by atoms with E-state index in [2.05, 4.69) is 10.3 Å². The molecular weight excluding hydrogens is 476 g/mol. The molecule has 2 heterocycles. The lowest BCUT2D eigenvalue weighted by atomic mass is 9.88. The van der Waals surface area contributed by atoms with E-state index >= 15 is 0 Å². The number of carbonyl (C=O) groups excluding carboxylic acids is 1. The molecule has 1 atom stereocenters. The van der Waals surface area contributed by atoms with E-state index in [1.165, 1.54) is 27.4 Å². The first-order valence-corrected chi connectivity index (χ1v) is 11.8. The zero-order valence-corrected chi connectivity index (χ0v) is 21.2. The Balaban J connectivity index is 1.62. The molecule has 2 aromatic heterocycles. The zero-order valence-electron chi connectivity index (χ0n) is 21.2. The van der Waals surface area contributed by atoms with E-state index in [4.69, 9.17) is 18.6 Å². The van der Waals surface area contributed by atoms with Gasteiger partial charge in [0.15, 0.2) is 11.5 Å². The Morgan fingerprint density at radius 1 is 1.08 bits per heavy atom. The van der Waals surface area contributed by atoms with Crippen molar-refractivity contribution >= 4 is 16.8 Å². The zero-order chi connectivity index (χ0) is 26.5. The highest BCUT2D eigenvalue weighted by Gasteiger charge is 2.28. The Bertz CT molecular complexity index is 1450. The van der Waals surface area contributed by atoms with Gasteiger partial charge in [0.25, 0.3) is 0 Å². The molecular formula is C28H30N2O7. The maximum Gasteiger partial charge on any atom is 0.343 e. The van der Waals surface area contributed by atoms with Crippen molar-refractivity contribution in [3.8, 4) is 23.0 Å². The molecule has 0 saturated carbocycles. The second-order valence-corrected chi connectivity index (χ2v) is 8.62. The van der Waals surface area contributed by atoms with Crippen molar-refractivity contribution in [1.29, 1.82) is 0 Å². The number of nitrogens with one attached hydrogen (secondary N) is 2. The number of para-hydroxylation sites is 1. The third-order valence-corrected chi connectivity index (χ3v) is 6.31. The van der Waals surface area contributed by atoms with Gasteiger partial charge in [0, 0.05) is 42.0 Å². The van der Waals surface area contributed by atoms with Crippen molar-refractivity contribution in [3.63, 3.8) is 0 Å². The summed E-state index contributed by atoms with van der Waals surface area (Å²) < 4.78 is 21.6. The average molecular weight is 507 g/mol. The van der Waals surface area contributed by atoms with E-state index < -0.39 is 11.5 Å². The number of hydrogen-bond donors (Lipinski definition) is 3. The fourth-order valence-corrected chi connectivity index (χ4v) is 4.55. The summed E-state index contributed by atoms with van der Waals surface area (Å²) in [6, 6.07) is 12.6. The van der Waals surface area contributed by atoms with Crippen LogP contribution in [-0.2, 0) is 11.2 Å². The van der Waals surface area contributed by atoms with Crippen LogP contribution in [0.3, 0.4) is 0 Å². The molecule has 3 N–H and O–H groups in total. The van der Waals surface area contributed by atoms with Crippen LogP contribution >= 0.6 is 0 Å². The van der Waals surface area contributed by atoms with Gasteiger partial charge in [0.1, 0.15) is 11.5 Å². The molecule has 0 saturated heterocycles. The van der Waals surface area contributed by atoms with Gasteiger partial charge in [-0.25, -0.2) is 4.79 Å². The number of hydrogen-bond acceptors (Lipinski definition) is 7. The molecule has 0 aliphatic heterocycles. The van der Waals surface area contributed by atoms with Crippen LogP contribution in [0.15, 0.2) is 57.9 Å². The molecule has 1 amide bonds. The molecule has 0 aliphatic rings. The number of aromatic amines is 1. The molecule has 0 aliphatic carbocycles. The lowest BCUT2D eigenvalue weighted by Crippen LogP contribution is -2.28. The molecule has 37 heavy (non-hydrogen) atoms. The SMILES string of the molecule is COc1cc([C@H](CC(=O)NCCc2c[nH]c3ccccc23)c2c(O)cc(C)oc2=O)cc(OC)c1OC. The number of rotatable bonds is 10. The second kappa shape index (κ2) is 11.1. The number of carbonyl (C=O) groups is 1. The summed E-state index contributed by atoms with van der Waals surface area (Å²) in [5.41, 5.74) is 1.91. The third kappa shape index (κ3) is 5.40. The van der Waals surface area contributed by atoms with Crippen LogP contribution in [0.2, 0.25) is 0 Å². The minimum absolute atomic E-state index is 0.0216. The molecule has 194 valence electrons. The highest BCUT2D eigenvalue weighted by Crippen LogP contribution is 2.43. The van der Waals surface area contributed by atoms with Gasteiger partial charge in [0.05, 0.1) is 26.9 Å². The van der Waals surface area contributed by atoms with Crippen LogP contribution in [0.5, 0.6) is 23.0 Å². The summed E-state index contributed by atoms with van der Waals surface area (Å²) >= 11 is 0. The van der Waals surface area contributed by atoms with E-state index in [-0.39, 0.29) is 29.4 Å². The Morgan fingerprint density at radius 3 is 2.43 bits per heavy atom. The van der Waals surface area contributed by atoms with Gasteiger partial charge in [-0.2, -0.15) is 0 Å². The summed E-state index contributed by atoms with van der Waals surface area (Å²) in [6.07, 6.45) is 2.45. The number of aryl methyl sites for hydroxylation is 1. The van der Waals surface area contributed by atoms with Gasteiger partial charge in [-0.15, -0.1) is 0 Å². The predicted octanol–water partition coefficient (Wildman–Crippen LogP) is 4.04. The van der Waals surface area contributed by atoms with E-state index in [9.17, 15) is 14.7 Å². The Labute approximate surface area is 214 Å². The first-order valence-electron chi connectivity index (χ1n) is 11.8. The number of methoxy groups -OCH3 is 3. The molecule has 0 fully saturated rings. The topological polar surface area (TPSA) is 123 Å². The normalized spacial score (nSPS) is 11.8. The van der Waals surface area contributed by atoms with Crippen LogP contribution < -0.4 is 25.2 Å². The molecule has 0 unspecified atom stereocenters. The molecule has 2 aromatic carbocycles. The van der Waals surface area contributed by atoms with E-state index in [0.29, 0.717) is 35.8 Å². The molecule has 4 rings (SSSR count). The maximum atomic E-state index is 13.1. The number of aromatic nitrogens is 1. The number of amides is 1. The smallest absolute Gasteiger partial charge is 0.343 e. The molecule has 4 aromatic rings. The minimum atomic E-state index is -0.835. The van der Waals surface area contributed by atoms with Crippen LogP contribution in [0.4, 0.5) is 0 Å². The standard InChI is InChI=1S/C28H30N2O7/c1-16-11-22(31)26(28(33)37-16)20(18-12-23(34-2)27(36-4)24(13-18)35-3)14-25(32)29-10-9-17-15-30-21-8-6-5-7-19(17)21/h5-8,11-13,15,20,30-31H,9-10,14H2,1-4H3,(H,29,32)/t20-/m0/s1. The van der Waals surface area contributed by atoms with Crippen molar-refractivity contribution in [2.24, 2.45) is 0 Å². The average Bonchev–Trinajstić information content (AvgIpc) is 3.29. The van der Waals surface area contributed by atoms with Crippen LogP contribution in [0.1, 0.15) is 34.8 Å². The Hall–Kier alpha value is -4.40. The van der Waals surface area contributed by atoms with Crippen molar-refractivity contribution < 1.29 is 28.5 Å². The van der Waals surface area contributed by atoms with Crippen molar-refractivity contribution in [1.82, 2.24) is 10.3 Å². The second-order valence-electron chi connectivity index (χ2n) is 8.62. The highest BCUT2D eigenvalue weighted by atomic mass is 16.5. The quantitative estimate of drug-likeness (QED) is 0.297. The number of aromatic hydroxyl groups is 1. The summed E-state index contributed by atoms with van der Waals surface area (Å²) in [5.74, 6) is -0.0280. The van der Waals surface area contributed by atoms with Crippen molar-refractivity contribution in [2.75, 3.05) is 27.9 Å². The summed E-state index contributed by atoms with van der Waals surface area (Å²) in [5, 5.41) is 14.7. The van der Waals surface area contributed by atoms with Crippen molar-refractivity contribution in [2.45, 2.75) is 25.7 Å². The van der Waals surface area contributed by atoms with Crippen LogP contribution in [0, 0.1) is 6.92 Å².